The monoisotopic (exact) mass is 363 g/mol. The first kappa shape index (κ1) is 19.9. The molecule has 0 saturated carbocycles. The Morgan fingerprint density at radius 3 is 2.73 bits per heavy atom. The topological polar surface area (TPSA) is 87.7 Å². The number of anilines is 1. The molecule has 1 aromatic rings. The molecule has 1 aliphatic heterocycles. The number of piperidine rings is 1. The van der Waals surface area contributed by atoms with Gasteiger partial charge in [-0.3, -0.25) is 4.79 Å². The molecule has 0 atom stereocenters. The molecule has 8 nitrogen and oxygen atoms in total. The van der Waals surface area contributed by atoms with Crippen LogP contribution in [0.2, 0.25) is 0 Å². The van der Waals surface area contributed by atoms with E-state index in [2.05, 4.69) is 22.2 Å². The first-order valence-corrected chi connectivity index (χ1v) is 9.31. The number of nitrogens with one attached hydrogen (secondary N) is 1. The van der Waals surface area contributed by atoms with Crippen molar-refractivity contribution in [3.63, 3.8) is 0 Å². The highest BCUT2D eigenvalue weighted by Gasteiger charge is 2.24. The Morgan fingerprint density at radius 1 is 1.35 bits per heavy atom. The second-order valence-corrected chi connectivity index (χ2v) is 6.45. The Kier molecular flexibility index (Phi) is 7.62. The molecule has 1 saturated heterocycles. The second kappa shape index (κ2) is 9.94. The summed E-state index contributed by atoms with van der Waals surface area (Å²) in [6.07, 6.45) is 4.93. The Labute approximate surface area is 154 Å². The molecule has 2 rings (SSSR count). The van der Waals surface area contributed by atoms with Crippen molar-refractivity contribution in [3.8, 4) is 0 Å². The maximum Gasteiger partial charge on any atom is 0.409 e. The number of rotatable bonds is 7. The third-order valence-electron chi connectivity index (χ3n) is 4.42. The van der Waals surface area contributed by atoms with Crippen LogP contribution in [0.15, 0.2) is 12.3 Å². The number of carbonyl (C=O) groups is 2. The molecule has 8 heteroatoms. The zero-order valence-corrected chi connectivity index (χ0v) is 15.9. The van der Waals surface area contributed by atoms with Crippen molar-refractivity contribution < 1.29 is 14.3 Å². The van der Waals surface area contributed by atoms with Crippen LogP contribution in [0.3, 0.4) is 0 Å². The second-order valence-electron chi connectivity index (χ2n) is 6.45. The maximum atomic E-state index is 12.4. The molecule has 0 radical (unpaired) electrons. The van der Waals surface area contributed by atoms with Crippen LogP contribution < -0.4 is 5.32 Å². The Balaban J connectivity index is 1.89. The van der Waals surface area contributed by atoms with E-state index >= 15 is 0 Å². The third kappa shape index (κ3) is 5.57. The number of ether oxygens (including phenoxy) is 1. The molecular weight excluding hydrogens is 334 g/mol. The SMILES string of the molecule is CCCCN(C)C(=O)c1ccnc(NC2CCN(C(=O)OCC)CC2)n1. The lowest BCUT2D eigenvalue weighted by Crippen LogP contribution is -2.42. The van der Waals surface area contributed by atoms with Gasteiger partial charge in [-0.05, 0) is 32.3 Å². The molecule has 1 fully saturated rings. The zero-order valence-electron chi connectivity index (χ0n) is 15.9. The molecule has 0 unspecified atom stereocenters. The van der Waals surface area contributed by atoms with Crippen LogP contribution in [-0.2, 0) is 4.74 Å². The molecule has 144 valence electrons. The molecule has 2 amide bonds. The van der Waals surface area contributed by atoms with Gasteiger partial charge in [-0.25, -0.2) is 14.8 Å². The molecule has 26 heavy (non-hydrogen) atoms. The smallest absolute Gasteiger partial charge is 0.409 e. The summed E-state index contributed by atoms with van der Waals surface area (Å²) in [7, 11) is 1.79. The van der Waals surface area contributed by atoms with Gasteiger partial charge in [0.1, 0.15) is 5.69 Å². The fourth-order valence-electron chi connectivity index (χ4n) is 2.84. The van der Waals surface area contributed by atoms with Crippen molar-refractivity contribution in [2.75, 3.05) is 38.6 Å². The van der Waals surface area contributed by atoms with Gasteiger partial charge >= 0.3 is 6.09 Å². The fraction of sp³-hybridized carbons (Fsp3) is 0.667. The first-order valence-electron chi connectivity index (χ1n) is 9.31. The number of nitrogens with zero attached hydrogens (tertiary/aromatic N) is 4. The third-order valence-corrected chi connectivity index (χ3v) is 4.42. The van der Waals surface area contributed by atoms with E-state index in [-0.39, 0.29) is 18.0 Å². The lowest BCUT2D eigenvalue weighted by atomic mass is 10.1. The van der Waals surface area contributed by atoms with E-state index in [4.69, 9.17) is 4.74 Å². The molecule has 2 heterocycles. The summed E-state index contributed by atoms with van der Waals surface area (Å²) in [4.78, 5) is 36.1. The summed E-state index contributed by atoms with van der Waals surface area (Å²) in [6, 6.07) is 1.81. The average molecular weight is 363 g/mol. The molecule has 1 aromatic heterocycles. The van der Waals surface area contributed by atoms with Gasteiger partial charge in [-0.1, -0.05) is 13.3 Å². The average Bonchev–Trinajstić information content (AvgIpc) is 2.66. The van der Waals surface area contributed by atoms with Crippen molar-refractivity contribution in [1.82, 2.24) is 19.8 Å². The normalized spacial score (nSPS) is 14.8. The number of unbranched alkanes of at least 4 members (excludes halogenated alkanes) is 1. The zero-order chi connectivity index (χ0) is 18.9. The largest absolute Gasteiger partial charge is 0.450 e. The Bertz CT molecular complexity index is 602. The van der Waals surface area contributed by atoms with E-state index in [0.29, 0.717) is 37.9 Å². The van der Waals surface area contributed by atoms with Crippen molar-refractivity contribution in [3.05, 3.63) is 18.0 Å². The number of amides is 2. The molecular formula is C18H29N5O3. The highest BCUT2D eigenvalue weighted by molar-refractivity contribution is 5.92. The van der Waals surface area contributed by atoms with Gasteiger partial charge in [0.05, 0.1) is 6.61 Å². The fourth-order valence-corrected chi connectivity index (χ4v) is 2.84. The van der Waals surface area contributed by atoms with Crippen molar-refractivity contribution >= 4 is 17.9 Å². The van der Waals surface area contributed by atoms with Crippen molar-refractivity contribution in [2.45, 2.75) is 45.6 Å². The van der Waals surface area contributed by atoms with Gasteiger partial charge in [-0.2, -0.15) is 0 Å². The van der Waals surface area contributed by atoms with Gasteiger partial charge in [0, 0.05) is 38.9 Å². The summed E-state index contributed by atoms with van der Waals surface area (Å²) in [5.41, 5.74) is 0.394. The number of hydrogen-bond acceptors (Lipinski definition) is 6. The van der Waals surface area contributed by atoms with E-state index in [1.54, 1.807) is 36.0 Å². The minimum absolute atomic E-state index is 0.0963. The molecule has 0 spiro atoms. The minimum Gasteiger partial charge on any atom is -0.450 e. The highest BCUT2D eigenvalue weighted by atomic mass is 16.6. The van der Waals surface area contributed by atoms with E-state index in [9.17, 15) is 9.59 Å². The molecule has 1 N–H and O–H groups in total. The van der Waals surface area contributed by atoms with Crippen LogP contribution in [0.1, 0.15) is 50.0 Å². The van der Waals surface area contributed by atoms with Gasteiger partial charge < -0.3 is 19.9 Å². The summed E-state index contributed by atoms with van der Waals surface area (Å²) >= 11 is 0. The van der Waals surface area contributed by atoms with Crippen molar-refractivity contribution in [1.29, 1.82) is 0 Å². The summed E-state index contributed by atoms with van der Waals surface area (Å²) < 4.78 is 5.03. The predicted molar refractivity (Wildman–Crippen MR) is 99.1 cm³/mol. The van der Waals surface area contributed by atoms with Gasteiger partial charge in [0.2, 0.25) is 5.95 Å². The first-order chi connectivity index (χ1) is 12.5. The van der Waals surface area contributed by atoms with Crippen molar-refractivity contribution in [2.24, 2.45) is 0 Å². The van der Waals surface area contributed by atoms with E-state index in [0.717, 1.165) is 25.7 Å². The van der Waals surface area contributed by atoms with Crippen LogP contribution in [0.25, 0.3) is 0 Å². The Morgan fingerprint density at radius 2 is 2.08 bits per heavy atom. The number of aromatic nitrogens is 2. The molecule has 0 aliphatic carbocycles. The minimum atomic E-state index is -0.259. The lowest BCUT2D eigenvalue weighted by molar-refractivity contribution is 0.0787. The van der Waals surface area contributed by atoms with Gasteiger partial charge in [0.25, 0.3) is 5.91 Å². The molecule has 0 bridgehead atoms. The van der Waals surface area contributed by atoms with Crippen LogP contribution in [0, 0.1) is 0 Å². The molecule has 1 aliphatic rings. The summed E-state index contributed by atoms with van der Waals surface area (Å²) in [5.74, 6) is 0.357. The molecule has 0 aromatic carbocycles. The number of carbonyl (C=O) groups excluding carboxylic acids is 2. The van der Waals surface area contributed by atoms with Crippen LogP contribution in [0.4, 0.5) is 10.7 Å². The van der Waals surface area contributed by atoms with E-state index < -0.39 is 0 Å². The summed E-state index contributed by atoms with van der Waals surface area (Å²) in [6.45, 7) is 6.27. The lowest BCUT2D eigenvalue weighted by Gasteiger charge is -2.31. The van der Waals surface area contributed by atoms with E-state index in [1.807, 2.05) is 0 Å². The Hall–Kier alpha value is -2.38. The van der Waals surface area contributed by atoms with Crippen LogP contribution in [-0.4, -0.2) is 71.1 Å². The predicted octanol–water partition coefficient (Wildman–Crippen LogP) is 2.38. The summed E-state index contributed by atoms with van der Waals surface area (Å²) in [5, 5.41) is 3.28. The quantitative estimate of drug-likeness (QED) is 0.800. The standard InChI is InChI=1S/C18H29N5O3/c1-4-6-11-22(3)16(24)15-7-10-19-17(21-15)20-14-8-12-23(13-9-14)18(25)26-5-2/h7,10,14H,4-6,8-9,11-13H2,1-3H3,(H,19,20,21). The van der Waals surface area contributed by atoms with Crippen LogP contribution >= 0.6 is 0 Å². The highest BCUT2D eigenvalue weighted by Crippen LogP contribution is 2.15. The number of hydrogen-bond donors (Lipinski definition) is 1. The van der Waals surface area contributed by atoms with Gasteiger partial charge in [0.15, 0.2) is 0 Å². The van der Waals surface area contributed by atoms with Crippen LogP contribution in [0.5, 0.6) is 0 Å². The van der Waals surface area contributed by atoms with Gasteiger partial charge in [-0.15, -0.1) is 0 Å². The maximum absolute atomic E-state index is 12.4. The van der Waals surface area contributed by atoms with E-state index in [1.165, 1.54) is 0 Å². The number of likely N-dealkylation sites (tertiary alicyclic amines) is 1.